The molecule has 0 aliphatic carbocycles. The molecule has 0 bridgehead atoms. The zero-order chi connectivity index (χ0) is 20.7. The molecule has 2 N–H and O–H groups in total. The second-order valence-electron chi connectivity index (χ2n) is 5.17. The summed E-state index contributed by atoms with van der Waals surface area (Å²) in [6.07, 6.45) is -0.817. The summed E-state index contributed by atoms with van der Waals surface area (Å²) in [5, 5.41) is 2.29. The van der Waals surface area contributed by atoms with Crippen molar-refractivity contribution in [1.29, 1.82) is 0 Å². The molecule has 152 valence electrons. The first-order valence-corrected chi connectivity index (χ1v) is 11.8. The van der Waals surface area contributed by atoms with Gasteiger partial charge in [-0.1, -0.05) is 0 Å². The van der Waals surface area contributed by atoms with Gasteiger partial charge in [0.25, 0.3) is 0 Å². The standard InChI is InChI=1S/C16H20N4O6SSe/c1-24-13-9-10(14(25-2)26-3)17-15(18-13)19-16(21)20-27(22,23)11-7-5-6-8-12(11)28-4/h5-9,14H,1-4H3,(H2,17,18,19,20,21). The summed E-state index contributed by atoms with van der Waals surface area (Å²) in [4.78, 5) is 20.4. The quantitative estimate of drug-likeness (QED) is 0.421. The molecule has 28 heavy (non-hydrogen) atoms. The van der Waals surface area contributed by atoms with Gasteiger partial charge in [-0.3, -0.25) is 0 Å². The SMILES string of the molecule is COc1cc(C(OC)OC)nc(NC(=O)NS(=O)(=O)c2ccccc2[Se]C)n1. The van der Waals surface area contributed by atoms with Crippen molar-refractivity contribution in [3.63, 3.8) is 0 Å². The number of sulfonamides is 1. The Labute approximate surface area is 169 Å². The number of methoxy groups -OCH3 is 3. The number of rotatable bonds is 8. The number of ether oxygens (including phenoxy) is 3. The van der Waals surface area contributed by atoms with Gasteiger partial charge in [0.05, 0.1) is 0 Å². The molecule has 0 saturated heterocycles. The van der Waals surface area contributed by atoms with Crippen LogP contribution in [0.4, 0.5) is 10.7 Å². The molecule has 0 aliphatic heterocycles. The molecule has 0 unspecified atom stereocenters. The number of nitrogens with zero attached hydrogens (tertiary/aromatic N) is 2. The van der Waals surface area contributed by atoms with Gasteiger partial charge in [0.15, 0.2) is 0 Å². The van der Waals surface area contributed by atoms with Crippen molar-refractivity contribution in [1.82, 2.24) is 14.7 Å². The summed E-state index contributed by atoms with van der Waals surface area (Å²) >= 11 is -0.0675. The summed E-state index contributed by atoms with van der Waals surface area (Å²) < 4.78 is 43.0. The van der Waals surface area contributed by atoms with Gasteiger partial charge >= 0.3 is 169 Å². The zero-order valence-electron chi connectivity index (χ0n) is 15.6. The number of amides is 2. The second-order valence-corrected chi connectivity index (χ2v) is 8.60. The van der Waals surface area contributed by atoms with E-state index >= 15 is 0 Å². The van der Waals surface area contributed by atoms with E-state index in [1.54, 1.807) is 18.2 Å². The van der Waals surface area contributed by atoms with Crippen LogP contribution in [0.1, 0.15) is 12.0 Å². The van der Waals surface area contributed by atoms with Crippen molar-refractivity contribution < 1.29 is 27.4 Å². The summed E-state index contributed by atoms with van der Waals surface area (Å²) in [7, 11) is 0.168. The van der Waals surface area contributed by atoms with Gasteiger partial charge in [-0.05, 0) is 0 Å². The van der Waals surface area contributed by atoms with E-state index in [9.17, 15) is 13.2 Å². The van der Waals surface area contributed by atoms with E-state index in [0.717, 1.165) is 0 Å². The van der Waals surface area contributed by atoms with Crippen molar-refractivity contribution in [2.45, 2.75) is 17.0 Å². The molecule has 1 aromatic heterocycles. The third kappa shape index (κ3) is 5.40. The van der Waals surface area contributed by atoms with Gasteiger partial charge in [0.1, 0.15) is 0 Å². The van der Waals surface area contributed by atoms with E-state index in [-0.39, 0.29) is 37.4 Å². The first-order valence-electron chi connectivity index (χ1n) is 7.80. The van der Waals surface area contributed by atoms with Crippen LogP contribution in [0.5, 0.6) is 5.88 Å². The topological polar surface area (TPSA) is 129 Å². The number of hydrogen-bond acceptors (Lipinski definition) is 8. The van der Waals surface area contributed by atoms with Gasteiger partial charge in [-0.2, -0.15) is 0 Å². The number of anilines is 1. The van der Waals surface area contributed by atoms with Crippen LogP contribution in [0.3, 0.4) is 0 Å². The summed E-state index contributed by atoms with van der Waals surface area (Å²) in [6, 6.07) is 6.95. The Morgan fingerprint density at radius 1 is 1.14 bits per heavy atom. The second kappa shape index (κ2) is 9.80. The molecule has 10 nitrogen and oxygen atoms in total. The molecule has 2 rings (SSSR count). The van der Waals surface area contributed by atoms with E-state index in [1.807, 2.05) is 10.5 Å². The molecule has 0 atom stereocenters. The summed E-state index contributed by atoms with van der Waals surface area (Å²) in [5.41, 5.74) is 0.286. The molecule has 1 heterocycles. The van der Waals surface area contributed by atoms with Crippen molar-refractivity contribution in [3.8, 4) is 5.88 Å². The fourth-order valence-electron chi connectivity index (χ4n) is 2.21. The molecule has 1 aromatic carbocycles. The fraction of sp³-hybridized carbons (Fsp3) is 0.312. The van der Waals surface area contributed by atoms with Crippen molar-refractivity contribution in [3.05, 3.63) is 36.0 Å². The maximum atomic E-state index is 12.5. The van der Waals surface area contributed by atoms with Crippen molar-refractivity contribution in [2.24, 2.45) is 0 Å². The molecule has 0 spiro atoms. The molecular formula is C16H20N4O6SSe. The monoisotopic (exact) mass is 476 g/mol. The Kier molecular flexibility index (Phi) is 7.72. The number of carbonyl (C=O) groups excluding carboxylic acids is 1. The van der Waals surface area contributed by atoms with E-state index in [1.165, 1.54) is 33.5 Å². The van der Waals surface area contributed by atoms with E-state index < -0.39 is 22.3 Å². The van der Waals surface area contributed by atoms with E-state index in [0.29, 0.717) is 4.46 Å². The summed E-state index contributed by atoms with van der Waals surface area (Å²) in [6.45, 7) is 0. The van der Waals surface area contributed by atoms with E-state index in [2.05, 4.69) is 15.3 Å². The first-order chi connectivity index (χ1) is 13.3. The first kappa shape index (κ1) is 22.1. The molecule has 2 aromatic rings. The number of hydrogen-bond donors (Lipinski definition) is 2. The van der Waals surface area contributed by atoms with Gasteiger partial charge in [-0.25, -0.2) is 0 Å². The van der Waals surface area contributed by atoms with Crippen LogP contribution < -0.4 is 19.2 Å². The number of carbonyl (C=O) groups is 1. The third-order valence-electron chi connectivity index (χ3n) is 3.41. The minimum atomic E-state index is -4.06. The number of aromatic nitrogens is 2. The number of nitrogens with one attached hydrogen (secondary N) is 2. The average molecular weight is 475 g/mol. The van der Waals surface area contributed by atoms with E-state index in [4.69, 9.17) is 14.2 Å². The Balaban J connectivity index is 2.24. The van der Waals surface area contributed by atoms with Crippen molar-refractivity contribution in [2.75, 3.05) is 26.6 Å². The predicted octanol–water partition coefficient (Wildman–Crippen LogP) is 0.665. The van der Waals surface area contributed by atoms with Crippen LogP contribution in [0.15, 0.2) is 35.2 Å². The minimum absolute atomic E-state index is 0.0544. The maximum absolute atomic E-state index is 12.5. The molecule has 0 saturated carbocycles. The van der Waals surface area contributed by atoms with Crippen LogP contribution in [0, 0.1) is 0 Å². The predicted molar refractivity (Wildman–Crippen MR) is 102 cm³/mol. The van der Waals surface area contributed by atoms with Crippen LogP contribution in [-0.4, -0.2) is 60.7 Å². The number of benzene rings is 1. The molecular weight excluding hydrogens is 455 g/mol. The Morgan fingerprint density at radius 2 is 1.82 bits per heavy atom. The molecule has 0 fully saturated rings. The fourth-order valence-corrected chi connectivity index (χ4v) is 5.34. The Hall–Kier alpha value is -2.24. The average Bonchev–Trinajstić information content (AvgIpc) is 2.68. The van der Waals surface area contributed by atoms with Gasteiger partial charge in [0, 0.05) is 0 Å². The molecule has 2 amide bonds. The molecule has 0 aliphatic rings. The van der Waals surface area contributed by atoms with Crippen LogP contribution in [0.25, 0.3) is 0 Å². The third-order valence-corrected chi connectivity index (χ3v) is 6.76. The molecule has 12 heteroatoms. The zero-order valence-corrected chi connectivity index (χ0v) is 18.2. The summed E-state index contributed by atoms with van der Waals surface area (Å²) in [5.74, 6) is 1.85. The van der Waals surface area contributed by atoms with Gasteiger partial charge in [-0.15, -0.1) is 0 Å². The normalized spacial score (nSPS) is 11.3. The Morgan fingerprint density at radius 3 is 2.43 bits per heavy atom. The van der Waals surface area contributed by atoms with Crippen LogP contribution in [0.2, 0.25) is 5.82 Å². The Bertz CT molecular complexity index is 936. The number of urea groups is 1. The molecule has 0 radical (unpaired) electrons. The van der Waals surface area contributed by atoms with Gasteiger partial charge < -0.3 is 0 Å². The van der Waals surface area contributed by atoms with Crippen LogP contribution in [-0.2, 0) is 19.5 Å². The van der Waals surface area contributed by atoms with Crippen molar-refractivity contribution >= 4 is 41.4 Å². The van der Waals surface area contributed by atoms with Crippen LogP contribution >= 0.6 is 0 Å². The van der Waals surface area contributed by atoms with Gasteiger partial charge in [0.2, 0.25) is 0 Å².